The van der Waals surface area contributed by atoms with E-state index in [1.54, 1.807) is 13.0 Å². The second kappa shape index (κ2) is 6.58. The number of rotatable bonds is 5. The van der Waals surface area contributed by atoms with Crippen LogP contribution in [0.5, 0.6) is 0 Å². The third-order valence-electron chi connectivity index (χ3n) is 2.42. The summed E-state index contributed by atoms with van der Waals surface area (Å²) in [6, 6.07) is 0. The molecule has 0 spiro atoms. The second-order valence-corrected chi connectivity index (χ2v) is 3.72. The van der Waals surface area contributed by atoms with Crippen LogP contribution in [0.2, 0.25) is 0 Å². The summed E-state index contributed by atoms with van der Waals surface area (Å²) in [6.45, 7) is 3.28. The van der Waals surface area contributed by atoms with Gasteiger partial charge in [0.25, 0.3) is 0 Å². The molecular weight excluding hydrogens is 196 g/mol. The molecule has 1 aliphatic heterocycles. The van der Waals surface area contributed by atoms with E-state index in [0.29, 0.717) is 18.8 Å². The lowest BCUT2D eigenvalue weighted by atomic mass is 10.1. The molecule has 86 valence electrons. The first-order valence-electron chi connectivity index (χ1n) is 5.29. The lowest BCUT2D eigenvalue weighted by Gasteiger charge is -2.21. The van der Waals surface area contributed by atoms with Gasteiger partial charge in [0, 0.05) is 12.2 Å². The summed E-state index contributed by atoms with van der Waals surface area (Å²) in [5.41, 5.74) is 0.319. The Morgan fingerprint density at radius 3 is 3.00 bits per heavy atom. The molecule has 1 atom stereocenters. The van der Waals surface area contributed by atoms with E-state index in [-0.39, 0.29) is 6.10 Å². The number of hydrogen-bond donors (Lipinski definition) is 1. The highest BCUT2D eigenvalue weighted by Crippen LogP contribution is 2.12. The Kier molecular flexibility index (Phi) is 5.36. The third kappa shape index (κ3) is 4.95. The largest absolute Gasteiger partial charge is 0.478 e. The molecule has 0 aromatic carbocycles. The van der Waals surface area contributed by atoms with Crippen molar-refractivity contribution in [3.8, 4) is 0 Å². The number of ether oxygens (including phenoxy) is 2. The van der Waals surface area contributed by atoms with E-state index < -0.39 is 5.97 Å². The molecule has 1 unspecified atom stereocenters. The second-order valence-electron chi connectivity index (χ2n) is 3.72. The van der Waals surface area contributed by atoms with Gasteiger partial charge in [-0.1, -0.05) is 0 Å². The van der Waals surface area contributed by atoms with Crippen LogP contribution in [0, 0.1) is 0 Å². The van der Waals surface area contributed by atoms with Crippen LogP contribution < -0.4 is 0 Å². The standard InChI is InChI=1S/C11H18O4/c1-9(11(12)13)5-7-14-8-10-4-2-3-6-15-10/h5,10H,2-4,6-8H2,1H3,(H,12,13). The van der Waals surface area contributed by atoms with Gasteiger partial charge in [0.1, 0.15) is 0 Å². The molecule has 1 saturated heterocycles. The minimum atomic E-state index is -0.896. The predicted octanol–water partition coefficient (Wildman–Crippen LogP) is 1.60. The lowest BCUT2D eigenvalue weighted by Crippen LogP contribution is -2.24. The van der Waals surface area contributed by atoms with Crippen LogP contribution in [0.1, 0.15) is 26.2 Å². The van der Waals surface area contributed by atoms with Crippen LogP contribution in [0.15, 0.2) is 11.6 Å². The first kappa shape index (κ1) is 12.2. The van der Waals surface area contributed by atoms with Crippen molar-refractivity contribution in [1.82, 2.24) is 0 Å². The van der Waals surface area contributed by atoms with Crippen molar-refractivity contribution in [3.05, 3.63) is 11.6 Å². The first-order valence-corrected chi connectivity index (χ1v) is 5.29. The van der Waals surface area contributed by atoms with Crippen molar-refractivity contribution < 1.29 is 19.4 Å². The molecule has 1 fully saturated rings. The van der Waals surface area contributed by atoms with Gasteiger partial charge in [-0.25, -0.2) is 4.79 Å². The summed E-state index contributed by atoms with van der Waals surface area (Å²) in [6.07, 6.45) is 5.14. The van der Waals surface area contributed by atoms with Gasteiger partial charge in [-0.2, -0.15) is 0 Å². The molecule has 1 N–H and O–H groups in total. The van der Waals surface area contributed by atoms with Crippen LogP contribution in [-0.4, -0.2) is 37.0 Å². The average molecular weight is 214 g/mol. The number of carboxylic acid groups (broad SMARTS) is 1. The maximum absolute atomic E-state index is 10.4. The van der Waals surface area contributed by atoms with Crippen LogP contribution in [-0.2, 0) is 14.3 Å². The fourth-order valence-electron chi connectivity index (χ4n) is 1.41. The zero-order chi connectivity index (χ0) is 11.1. The van der Waals surface area contributed by atoms with Gasteiger partial charge in [-0.15, -0.1) is 0 Å². The van der Waals surface area contributed by atoms with Crippen molar-refractivity contribution in [1.29, 1.82) is 0 Å². The van der Waals surface area contributed by atoms with E-state index in [1.807, 2.05) is 0 Å². The van der Waals surface area contributed by atoms with Crippen molar-refractivity contribution in [3.63, 3.8) is 0 Å². The number of aliphatic carboxylic acids is 1. The Morgan fingerprint density at radius 1 is 1.60 bits per heavy atom. The zero-order valence-electron chi connectivity index (χ0n) is 9.07. The molecule has 1 rings (SSSR count). The number of hydrogen-bond acceptors (Lipinski definition) is 3. The minimum absolute atomic E-state index is 0.192. The van der Waals surface area contributed by atoms with Gasteiger partial charge in [-0.3, -0.25) is 0 Å². The van der Waals surface area contributed by atoms with E-state index in [1.165, 1.54) is 6.42 Å². The van der Waals surface area contributed by atoms with Crippen molar-refractivity contribution in [2.45, 2.75) is 32.3 Å². The summed E-state index contributed by atoms with van der Waals surface area (Å²) in [7, 11) is 0. The zero-order valence-corrected chi connectivity index (χ0v) is 9.07. The van der Waals surface area contributed by atoms with Gasteiger partial charge in [0.2, 0.25) is 0 Å². The third-order valence-corrected chi connectivity index (χ3v) is 2.42. The summed E-state index contributed by atoms with van der Waals surface area (Å²) in [5.74, 6) is -0.896. The number of carbonyl (C=O) groups is 1. The van der Waals surface area contributed by atoms with Crippen LogP contribution in [0.25, 0.3) is 0 Å². The molecule has 0 saturated carbocycles. The van der Waals surface area contributed by atoms with Gasteiger partial charge >= 0.3 is 5.97 Å². The first-order chi connectivity index (χ1) is 7.20. The molecule has 1 heterocycles. The Hall–Kier alpha value is -0.870. The van der Waals surface area contributed by atoms with Crippen molar-refractivity contribution >= 4 is 5.97 Å². The Balaban J connectivity index is 2.10. The molecule has 0 aliphatic carbocycles. The molecule has 0 amide bonds. The van der Waals surface area contributed by atoms with Crippen molar-refractivity contribution in [2.24, 2.45) is 0 Å². The molecule has 0 aromatic heterocycles. The summed E-state index contributed by atoms with van der Waals surface area (Å²) in [4.78, 5) is 10.4. The summed E-state index contributed by atoms with van der Waals surface area (Å²) >= 11 is 0. The molecular formula is C11H18O4. The highest BCUT2D eigenvalue weighted by atomic mass is 16.5. The lowest BCUT2D eigenvalue weighted by molar-refractivity contribution is -0.132. The Morgan fingerprint density at radius 2 is 2.40 bits per heavy atom. The van der Waals surface area contributed by atoms with Gasteiger partial charge in [0.05, 0.1) is 19.3 Å². The maximum atomic E-state index is 10.4. The summed E-state index contributed by atoms with van der Waals surface area (Å²) < 4.78 is 10.8. The van der Waals surface area contributed by atoms with Crippen LogP contribution >= 0.6 is 0 Å². The molecule has 0 radical (unpaired) electrons. The van der Waals surface area contributed by atoms with E-state index in [9.17, 15) is 4.79 Å². The van der Waals surface area contributed by atoms with E-state index in [2.05, 4.69) is 0 Å². The van der Waals surface area contributed by atoms with E-state index in [0.717, 1.165) is 19.4 Å². The molecule has 4 heteroatoms. The number of carboxylic acids is 1. The van der Waals surface area contributed by atoms with E-state index in [4.69, 9.17) is 14.6 Å². The SMILES string of the molecule is CC(=CCOCC1CCCCO1)C(=O)O. The van der Waals surface area contributed by atoms with E-state index >= 15 is 0 Å². The molecule has 1 aliphatic rings. The molecule has 0 aromatic rings. The molecule has 15 heavy (non-hydrogen) atoms. The highest BCUT2D eigenvalue weighted by Gasteiger charge is 2.13. The predicted molar refractivity (Wildman–Crippen MR) is 55.8 cm³/mol. The topological polar surface area (TPSA) is 55.8 Å². The normalized spacial score (nSPS) is 22.7. The minimum Gasteiger partial charge on any atom is -0.478 e. The van der Waals surface area contributed by atoms with Gasteiger partial charge in [-0.05, 0) is 32.3 Å². The average Bonchev–Trinajstić information content (AvgIpc) is 2.25. The van der Waals surface area contributed by atoms with Crippen LogP contribution in [0.4, 0.5) is 0 Å². The quantitative estimate of drug-likeness (QED) is 0.558. The Labute approximate surface area is 89.9 Å². The van der Waals surface area contributed by atoms with Crippen LogP contribution in [0.3, 0.4) is 0 Å². The fraction of sp³-hybridized carbons (Fsp3) is 0.727. The highest BCUT2D eigenvalue weighted by molar-refractivity contribution is 5.85. The smallest absolute Gasteiger partial charge is 0.331 e. The molecule has 4 nitrogen and oxygen atoms in total. The monoisotopic (exact) mass is 214 g/mol. The Bertz CT molecular complexity index is 229. The summed E-state index contributed by atoms with van der Waals surface area (Å²) in [5, 5.41) is 8.58. The van der Waals surface area contributed by atoms with Gasteiger partial charge < -0.3 is 14.6 Å². The maximum Gasteiger partial charge on any atom is 0.331 e. The molecule has 0 bridgehead atoms. The van der Waals surface area contributed by atoms with Crippen molar-refractivity contribution in [2.75, 3.05) is 19.8 Å². The fourth-order valence-corrected chi connectivity index (χ4v) is 1.41. The van der Waals surface area contributed by atoms with Gasteiger partial charge in [0.15, 0.2) is 0 Å².